The van der Waals surface area contributed by atoms with E-state index >= 15 is 0 Å². The summed E-state index contributed by atoms with van der Waals surface area (Å²) in [6.07, 6.45) is 3.39. The first kappa shape index (κ1) is 21.9. The Morgan fingerprint density at radius 2 is 1.61 bits per heavy atom. The molecule has 8 heteroatoms. The molecule has 4 N–H and O–H groups in total. The Hall–Kier alpha value is -4.59. The van der Waals surface area contributed by atoms with Gasteiger partial charge in [0.25, 0.3) is 0 Å². The SMILES string of the molecule is Nc1[c]cc(N2CCC(n3nc(-c4ccc(Oc5ccccc5)cc4)c4c(N)ncnc43)CC2)cc1. The normalized spacial score (nSPS) is 14.3. The van der Waals surface area contributed by atoms with Crippen molar-refractivity contribution >= 4 is 28.2 Å². The molecule has 1 fully saturated rings. The lowest BCUT2D eigenvalue weighted by atomic mass is 10.0. The number of hydrogen-bond donors (Lipinski definition) is 2. The van der Waals surface area contributed by atoms with Gasteiger partial charge in [-0.1, -0.05) is 18.2 Å². The Morgan fingerprint density at radius 1 is 0.861 bits per heavy atom. The molecule has 0 amide bonds. The number of aromatic nitrogens is 4. The molecule has 36 heavy (non-hydrogen) atoms. The van der Waals surface area contributed by atoms with E-state index in [2.05, 4.69) is 20.9 Å². The molecule has 8 nitrogen and oxygen atoms in total. The van der Waals surface area contributed by atoms with Crippen LogP contribution in [-0.4, -0.2) is 32.8 Å². The number of nitrogens with zero attached hydrogens (tertiary/aromatic N) is 5. The summed E-state index contributed by atoms with van der Waals surface area (Å²) in [4.78, 5) is 11.2. The Labute approximate surface area is 209 Å². The van der Waals surface area contributed by atoms with E-state index in [4.69, 9.17) is 21.3 Å². The zero-order chi connectivity index (χ0) is 24.5. The van der Waals surface area contributed by atoms with Gasteiger partial charge in [0.05, 0.1) is 11.4 Å². The van der Waals surface area contributed by atoms with Gasteiger partial charge in [0.1, 0.15) is 29.3 Å². The molecule has 0 spiro atoms. The predicted molar refractivity (Wildman–Crippen MR) is 142 cm³/mol. The van der Waals surface area contributed by atoms with Gasteiger partial charge in [-0.15, -0.1) is 0 Å². The molecular formula is C28H26N7O. The van der Waals surface area contributed by atoms with Crippen LogP contribution in [0.1, 0.15) is 18.9 Å². The fourth-order valence-corrected chi connectivity index (χ4v) is 4.75. The average molecular weight is 477 g/mol. The van der Waals surface area contributed by atoms with E-state index in [-0.39, 0.29) is 6.04 Å². The zero-order valence-corrected chi connectivity index (χ0v) is 19.7. The minimum absolute atomic E-state index is 0.213. The van der Waals surface area contributed by atoms with E-state index in [1.807, 2.05) is 77.5 Å². The van der Waals surface area contributed by atoms with Crippen molar-refractivity contribution in [2.75, 3.05) is 29.5 Å². The molecule has 179 valence electrons. The molecule has 0 saturated carbocycles. The molecule has 5 aromatic rings. The number of nitrogens with two attached hydrogens (primary N) is 2. The van der Waals surface area contributed by atoms with Gasteiger partial charge in [-0.25, -0.2) is 14.6 Å². The number of anilines is 3. The minimum atomic E-state index is 0.213. The lowest BCUT2D eigenvalue weighted by molar-refractivity contribution is 0.375. The molecule has 2 aromatic heterocycles. The van der Waals surface area contributed by atoms with E-state index in [1.165, 1.54) is 6.33 Å². The van der Waals surface area contributed by atoms with Crippen molar-refractivity contribution in [3.05, 3.63) is 85.2 Å². The number of piperidine rings is 1. The maximum atomic E-state index is 6.33. The fourth-order valence-electron chi connectivity index (χ4n) is 4.75. The molecule has 1 saturated heterocycles. The second kappa shape index (κ2) is 9.22. The van der Waals surface area contributed by atoms with Gasteiger partial charge in [-0.05, 0) is 67.4 Å². The highest BCUT2D eigenvalue weighted by atomic mass is 16.5. The van der Waals surface area contributed by atoms with E-state index in [9.17, 15) is 0 Å². The number of benzene rings is 3. The van der Waals surface area contributed by atoms with E-state index < -0.39 is 0 Å². The van der Waals surface area contributed by atoms with Crippen molar-refractivity contribution in [2.45, 2.75) is 18.9 Å². The molecule has 0 aliphatic carbocycles. The molecule has 0 atom stereocenters. The topological polar surface area (TPSA) is 108 Å². The highest BCUT2D eigenvalue weighted by Crippen LogP contribution is 2.35. The quantitative estimate of drug-likeness (QED) is 0.340. The number of ether oxygens (including phenoxy) is 1. The molecule has 1 aliphatic heterocycles. The van der Waals surface area contributed by atoms with Crippen LogP contribution in [0.5, 0.6) is 11.5 Å². The lowest BCUT2D eigenvalue weighted by Gasteiger charge is -2.33. The molecular weight excluding hydrogens is 450 g/mol. The standard InChI is InChI=1S/C28H26N7O/c29-20-8-10-21(11-9-20)34-16-14-22(15-17-34)35-28-25(27(30)31-18-32-28)26(33-35)19-6-12-24(13-7-19)36-23-4-2-1-3-5-23/h1-8,10-13,18,22H,14-17,29H2,(H2,30,31,32). The van der Waals surface area contributed by atoms with Crippen LogP contribution in [0.4, 0.5) is 17.2 Å². The van der Waals surface area contributed by atoms with E-state index in [1.54, 1.807) is 0 Å². The third kappa shape index (κ3) is 4.17. The number of rotatable bonds is 5. The van der Waals surface area contributed by atoms with Gasteiger partial charge in [0.15, 0.2) is 5.65 Å². The summed E-state index contributed by atoms with van der Waals surface area (Å²) < 4.78 is 7.98. The zero-order valence-electron chi connectivity index (χ0n) is 19.7. The molecule has 1 radical (unpaired) electrons. The second-order valence-corrected chi connectivity index (χ2v) is 8.91. The van der Waals surface area contributed by atoms with Crippen molar-refractivity contribution in [2.24, 2.45) is 0 Å². The molecule has 0 bridgehead atoms. The van der Waals surface area contributed by atoms with Gasteiger partial charge >= 0.3 is 0 Å². The van der Waals surface area contributed by atoms with Crippen molar-refractivity contribution in [1.82, 2.24) is 19.7 Å². The molecule has 3 heterocycles. The second-order valence-electron chi connectivity index (χ2n) is 8.91. The Bertz CT molecular complexity index is 1470. The lowest BCUT2D eigenvalue weighted by Crippen LogP contribution is -2.35. The van der Waals surface area contributed by atoms with Gasteiger partial charge in [0.2, 0.25) is 0 Å². The highest BCUT2D eigenvalue weighted by molar-refractivity contribution is 5.98. The van der Waals surface area contributed by atoms with Crippen LogP contribution in [0.25, 0.3) is 22.3 Å². The monoisotopic (exact) mass is 476 g/mol. The van der Waals surface area contributed by atoms with Crippen LogP contribution in [0.15, 0.2) is 79.1 Å². The van der Waals surface area contributed by atoms with Crippen molar-refractivity contribution in [1.29, 1.82) is 0 Å². The van der Waals surface area contributed by atoms with Crippen molar-refractivity contribution in [3.63, 3.8) is 0 Å². The van der Waals surface area contributed by atoms with E-state index in [0.717, 1.165) is 65.4 Å². The third-order valence-electron chi connectivity index (χ3n) is 6.62. The van der Waals surface area contributed by atoms with Crippen LogP contribution >= 0.6 is 0 Å². The van der Waals surface area contributed by atoms with Crippen LogP contribution in [-0.2, 0) is 0 Å². The first-order valence-corrected chi connectivity index (χ1v) is 12.0. The van der Waals surface area contributed by atoms with Crippen LogP contribution in [0.2, 0.25) is 0 Å². The molecule has 1 aliphatic rings. The molecule has 3 aromatic carbocycles. The predicted octanol–water partition coefficient (Wildman–Crippen LogP) is 5.09. The first-order valence-electron chi connectivity index (χ1n) is 12.0. The van der Waals surface area contributed by atoms with Gasteiger partial charge in [-0.2, -0.15) is 5.10 Å². The summed E-state index contributed by atoms with van der Waals surface area (Å²) in [5, 5.41) is 5.80. The van der Waals surface area contributed by atoms with Gasteiger partial charge < -0.3 is 21.1 Å². The summed E-state index contributed by atoms with van der Waals surface area (Å²) in [7, 11) is 0. The third-order valence-corrected chi connectivity index (χ3v) is 6.62. The fraction of sp³-hybridized carbons (Fsp3) is 0.179. The number of fused-ring (bicyclic) bond motifs is 1. The average Bonchev–Trinajstić information content (AvgIpc) is 3.31. The number of hydrogen-bond acceptors (Lipinski definition) is 7. The summed E-state index contributed by atoms with van der Waals surface area (Å²) >= 11 is 0. The van der Waals surface area contributed by atoms with Crippen molar-refractivity contribution < 1.29 is 4.74 Å². The Balaban J connectivity index is 1.27. The van der Waals surface area contributed by atoms with Crippen LogP contribution in [0.3, 0.4) is 0 Å². The highest BCUT2D eigenvalue weighted by Gasteiger charge is 2.26. The minimum Gasteiger partial charge on any atom is -0.457 e. The largest absolute Gasteiger partial charge is 0.457 e. The number of para-hydroxylation sites is 1. The Kier molecular flexibility index (Phi) is 5.61. The smallest absolute Gasteiger partial charge is 0.164 e. The molecule has 0 unspecified atom stereocenters. The van der Waals surface area contributed by atoms with E-state index in [0.29, 0.717) is 11.5 Å². The van der Waals surface area contributed by atoms with Gasteiger partial charge in [0, 0.05) is 36.1 Å². The van der Waals surface area contributed by atoms with Crippen molar-refractivity contribution in [3.8, 4) is 22.8 Å². The summed E-state index contributed by atoms with van der Waals surface area (Å²) in [5.74, 6) is 1.98. The maximum absolute atomic E-state index is 6.33. The summed E-state index contributed by atoms with van der Waals surface area (Å²) in [6, 6.07) is 26.8. The summed E-state index contributed by atoms with van der Waals surface area (Å²) in [6.45, 7) is 1.82. The van der Waals surface area contributed by atoms with Crippen LogP contribution in [0, 0.1) is 6.07 Å². The number of nitrogen functional groups attached to an aromatic ring is 2. The molecule has 6 rings (SSSR count). The maximum Gasteiger partial charge on any atom is 0.164 e. The first-order chi connectivity index (χ1) is 17.7. The Morgan fingerprint density at radius 3 is 2.33 bits per heavy atom. The van der Waals surface area contributed by atoms with Crippen LogP contribution < -0.4 is 21.1 Å². The summed E-state index contributed by atoms with van der Waals surface area (Å²) in [5.41, 5.74) is 16.4. The van der Waals surface area contributed by atoms with Gasteiger partial charge in [-0.3, -0.25) is 0 Å².